The van der Waals surface area contributed by atoms with Crippen LogP contribution >= 0.6 is 11.8 Å². The van der Waals surface area contributed by atoms with Gasteiger partial charge in [-0.1, -0.05) is 48.2 Å². The Balaban J connectivity index is 1.57. The smallest absolute Gasteiger partial charge is 0.209 e. The van der Waals surface area contributed by atoms with Crippen LogP contribution in [0.3, 0.4) is 0 Å². The SMILES string of the molecule is Cn1nnnc1SCC(=O)c1ccc2c(c1)-c1ccccc1C2. The lowest BCUT2D eigenvalue weighted by Crippen LogP contribution is -2.04. The number of tetrazole rings is 1. The van der Waals surface area contributed by atoms with Crippen molar-refractivity contribution in [1.29, 1.82) is 0 Å². The zero-order valence-corrected chi connectivity index (χ0v) is 13.4. The Bertz CT molecular complexity index is 903. The van der Waals surface area contributed by atoms with Crippen LogP contribution in [0.5, 0.6) is 0 Å². The van der Waals surface area contributed by atoms with Crippen LogP contribution in [-0.2, 0) is 13.5 Å². The van der Waals surface area contributed by atoms with Crippen molar-refractivity contribution in [3.8, 4) is 11.1 Å². The number of rotatable bonds is 4. The molecule has 23 heavy (non-hydrogen) atoms. The van der Waals surface area contributed by atoms with E-state index in [1.165, 1.54) is 34.0 Å². The second kappa shape index (κ2) is 5.62. The summed E-state index contributed by atoms with van der Waals surface area (Å²) in [7, 11) is 1.76. The summed E-state index contributed by atoms with van der Waals surface area (Å²) in [5.41, 5.74) is 5.77. The number of ketones is 1. The van der Waals surface area contributed by atoms with Crippen LogP contribution in [0.4, 0.5) is 0 Å². The van der Waals surface area contributed by atoms with Crippen molar-refractivity contribution >= 4 is 17.5 Å². The quantitative estimate of drug-likeness (QED) is 0.427. The molecule has 6 heteroatoms. The van der Waals surface area contributed by atoms with Gasteiger partial charge in [-0.25, -0.2) is 4.68 Å². The third kappa shape index (κ3) is 2.55. The zero-order valence-electron chi connectivity index (χ0n) is 12.6. The number of nitrogens with zero attached hydrogens (tertiary/aromatic N) is 4. The monoisotopic (exact) mass is 322 g/mol. The van der Waals surface area contributed by atoms with Crippen LogP contribution < -0.4 is 0 Å². The maximum Gasteiger partial charge on any atom is 0.209 e. The number of hydrogen-bond acceptors (Lipinski definition) is 5. The van der Waals surface area contributed by atoms with Gasteiger partial charge in [0, 0.05) is 12.6 Å². The molecule has 0 saturated heterocycles. The molecule has 0 aliphatic heterocycles. The van der Waals surface area contributed by atoms with Gasteiger partial charge in [-0.05, 0) is 45.2 Å². The second-order valence-corrected chi connectivity index (χ2v) is 6.45. The number of fused-ring (bicyclic) bond motifs is 3. The fourth-order valence-corrected chi connectivity index (χ4v) is 3.60. The van der Waals surface area contributed by atoms with Crippen LogP contribution in [-0.4, -0.2) is 31.7 Å². The molecule has 1 aliphatic carbocycles. The zero-order chi connectivity index (χ0) is 15.8. The molecule has 2 aromatic carbocycles. The van der Waals surface area contributed by atoms with Crippen molar-refractivity contribution in [2.24, 2.45) is 7.05 Å². The Morgan fingerprint density at radius 1 is 1.17 bits per heavy atom. The molecule has 0 unspecified atom stereocenters. The standard InChI is InChI=1S/C17H14N4OS/c1-21-17(18-19-20-21)23-10-16(22)13-7-6-12-8-11-4-2-3-5-14(11)15(12)9-13/h2-7,9H,8,10H2,1H3. The highest BCUT2D eigenvalue weighted by Gasteiger charge is 2.19. The minimum Gasteiger partial charge on any atom is -0.293 e. The topological polar surface area (TPSA) is 60.7 Å². The van der Waals surface area contributed by atoms with Crippen molar-refractivity contribution in [1.82, 2.24) is 20.2 Å². The molecule has 0 saturated carbocycles. The van der Waals surface area contributed by atoms with E-state index in [1.807, 2.05) is 18.2 Å². The highest BCUT2D eigenvalue weighted by Crippen LogP contribution is 2.37. The largest absolute Gasteiger partial charge is 0.293 e. The van der Waals surface area contributed by atoms with Crippen molar-refractivity contribution in [2.45, 2.75) is 11.6 Å². The third-order valence-corrected chi connectivity index (χ3v) is 5.04. The van der Waals surface area contributed by atoms with E-state index >= 15 is 0 Å². The van der Waals surface area contributed by atoms with E-state index in [0.717, 1.165) is 12.0 Å². The first kappa shape index (κ1) is 14.1. The summed E-state index contributed by atoms with van der Waals surface area (Å²) in [5.74, 6) is 0.416. The summed E-state index contributed by atoms with van der Waals surface area (Å²) in [6.45, 7) is 0. The van der Waals surface area contributed by atoms with Gasteiger partial charge in [0.2, 0.25) is 5.16 Å². The van der Waals surface area contributed by atoms with E-state index < -0.39 is 0 Å². The van der Waals surface area contributed by atoms with Crippen LogP contribution in [0.1, 0.15) is 21.5 Å². The molecule has 1 aliphatic rings. The Kier molecular flexibility index (Phi) is 3.46. The number of aryl methyl sites for hydroxylation is 1. The Morgan fingerprint density at radius 3 is 2.83 bits per heavy atom. The van der Waals surface area contributed by atoms with E-state index in [2.05, 4.69) is 39.8 Å². The van der Waals surface area contributed by atoms with Crippen molar-refractivity contribution in [3.63, 3.8) is 0 Å². The molecule has 5 nitrogen and oxygen atoms in total. The number of thioether (sulfide) groups is 1. The van der Waals surface area contributed by atoms with Crippen molar-refractivity contribution in [2.75, 3.05) is 5.75 Å². The predicted octanol–water partition coefficient (Wildman–Crippen LogP) is 2.76. The Labute approximate surface area is 137 Å². The average Bonchev–Trinajstić information content (AvgIpc) is 3.15. The minimum absolute atomic E-state index is 0.0881. The van der Waals surface area contributed by atoms with Crippen LogP contribution in [0.15, 0.2) is 47.6 Å². The first-order valence-electron chi connectivity index (χ1n) is 7.32. The highest BCUT2D eigenvalue weighted by molar-refractivity contribution is 7.99. The van der Waals surface area contributed by atoms with Crippen LogP contribution in [0.25, 0.3) is 11.1 Å². The molecule has 0 bridgehead atoms. The lowest BCUT2D eigenvalue weighted by atomic mass is 10.0. The van der Waals surface area contributed by atoms with Crippen molar-refractivity contribution in [3.05, 3.63) is 59.2 Å². The lowest BCUT2D eigenvalue weighted by molar-refractivity contribution is 0.102. The summed E-state index contributed by atoms with van der Waals surface area (Å²) in [6.07, 6.45) is 0.944. The highest BCUT2D eigenvalue weighted by atomic mass is 32.2. The van der Waals surface area contributed by atoms with E-state index in [9.17, 15) is 4.79 Å². The summed E-state index contributed by atoms with van der Waals surface area (Å²) >= 11 is 1.35. The van der Waals surface area contributed by atoms with Gasteiger partial charge in [-0.2, -0.15) is 0 Å². The van der Waals surface area contributed by atoms with Crippen LogP contribution in [0, 0.1) is 0 Å². The van der Waals surface area contributed by atoms with Gasteiger partial charge in [-0.3, -0.25) is 4.79 Å². The van der Waals surface area contributed by atoms with Gasteiger partial charge in [-0.15, -0.1) is 5.10 Å². The van der Waals surface area contributed by atoms with Gasteiger partial charge in [0.15, 0.2) is 5.78 Å². The number of benzene rings is 2. The van der Waals surface area contributed by atoms with Crippen molar-refractivity contribution < 1.29 is 4.79 Å². The van der Waals surface area contributed by atoms with E-state index in [1.54, 1.807) is 11.7 Å². The normalized spacial score (nSPS) is 12.0. The van der Waals surface area contributed by atoms with E-state index in [4.69, 9.17) is 0 Å². The summed E-state index contributed by atoms with van der Waals surface area (Å²) in [6, 6.07) is 14.4. The summed E-state index contributed by atoms with van der Waals surface area (Å²) < 4.78 is 1.57. The van der Waals surface area contributed by atoms with Gasteiger partial charge in [0.25, 0.3) is 0 Å². The number of aromatic nitrogens is 4. The molecule has 0 spiro atoms. The molecule has 1 aromatic heterocycles. The van der Waals surface area contributed by atoms with Gasteiger partial charge in [0.1, 0.15) is 0 Å². The number of Topliss-reactive ketones (excluding diaryl/α,β-unsaturated/α-hetero) is 1. The maximum atomic E-state index is 12.5. The fourth-order valence-electron chi connectivity index (χ4n) is 2.85. The predicted molar refractivity (Wildman–Crippen MR) is 88.5 cm³/mol. The molecular formula is C17H14N4OS. The molecule has 3 aromatic rings. The van der Waals surface area contributed by atoms with Gasteiger partial charge >= 0.3 is 0 Å². The summed E-state index contributed by atoms with van der Waals surface area (Å²) in [5, 5.41) is 11.9. The second-order valence-electron chi connectivity index (χ2n) is 5.50. The molecule has 0 amide bonds. The average molecular weight is 322 g/mol. The van der Waals surface area contributed by atoms with Crippen LogP contribution in [0.2, 0.25) is 0 Å². The molecule has 0 atom stereocenters. The number of carbonyl (C=O) groups excluding carboxylic acids is 1. The Hall–Kier alpha value is -2.47. The fraction of sp³-hybridized carbons (Fsp3) is 0.176. The molecule has 1 heterocycles. The third-order valence-electron chi connectivity index (χ3n) is 4.03. The van der Waals surface area contributed by atoms with Gasteiger partial charge in [0.05, 0.1) is 5.75 Å². The summed E-state index contributed by atoms with van der Waals surface area (Å²) in [4.78, 5) is 12.5. The Morgan fingerprint density at radius 2 is 2.00 bits per heavy atom. The number of carbonyl (C=O) groups is 1. The maximum absolute atomic E-state index is 12.5. The first-order valence-corrected chi connectivity index (χ1v) is 8.30. The number of hydrogen-bond donors (Lipinski definition) is 0. The lowest BCUT2D eigenvalue weighted by Gasteiger charge is -2.05. The molecule has 4 rings (SSSR count). The molecule has 0 radical (unpaired) electrons. The van der Waals surface area contributed by atoms with Gasteiger partial charge < -0.3 is 0 Å². The molecule has 114 valence electrons. The minimum atomic E-state index is 0.0881. The van der Waals surface area contributed by atoms with E-state index in [-0.39, 0.29) is 5.78 Å². The van der Waals surface area contributed by atoms with E-state index in [0.29, 0.717) is 10.9 Å². The molecule has 0 fully saturated rings. The first-order chi connectivity index (χ1) is 11.2. The molecular weight excluding hydrogens is 308 g/mol. The molecule has 0 N–H and O–H groups in total.